The summed E-state index contributed by atoms with van der Waals surface area (Å²) >= 11 is 0. The van der Waals surface area contributed by atoms with Crippen LogP contribution in [-0.4, -0.2) is 32.1 Å². The molecule has 0 fully saturated rings. The lowest BCUT2D eigenvalue weighted by Crippen LogP contribution is -2.43. The Kier molecular flexibility index (Phi) is 5.49. The van der Waals surface area contributed by atoms with Crippen molar-refractivity contribution in [1.82, 2.24) is 0 Å². The summed E-state index contributed by atoms with van der Waals surface area (Å²) in [5, 5.41) is 0. The van der Waals surface area contributed by atoms with Crippen LogP contribution in [0, 0.1) is 5.41 Å². The number of hydrogen-bond donors (Lipinski definition) is 0. The van der Waals surface area contributed by atoms with E-state index in [4.69, 9.17) is 18.9 Å². The fraction of sp³-hybridized carbons (Fsp3) is 0.385. The molecule has 0 amide bonds. The second kappa shape index (κ2) is 8.01. The van der Waals surface area contributed by atoms with E-state index in [0.29, 0.717) is 35.7 Å². The summed E-state index contributed by atoms with van der Waals surface area (Å²) in [6.45, 7) is 5.43. The van der Waals surface area contributed by atoms with Crippen molar-refractivity contribution in [3.05, 3.63) is 71.0 Å². The zero-order valence-electron chi connectivity index (χ0n) is 19.1. The van der Waals surface area contributed by atoms with Gasteiger partial charge in [0, 0.05) is 30.9 Å². The molecular formula is C26H28O6. The van der Waals surface area contributed by atoms with Gasteiger partial charge in [-0.05, 0) is 29.7 Å². The molecule has 1 aliphatic carbocycles. The van der Waals surface area contributed by atoms with Gasteiger partial charge in [0.2, 0.25) is 0 Å². The Balaban J connectivity index is 1.94. The molecule has 0 N–H and O–H groups in total. The van der Waals surface area contributed by atoms with Gasteiger partial charge in [-0.25, -0.2) is 0 Å². The molecule has 0 bridgehead atoms. The van der Waals surface area contributed by atoms with Gasteiger partial charge in [-0.15, -0.1) is 0 Å². The fourth-order valence-corrected chi connectivity index (χ4v) is 4.68. The molecule has 0 radical (unpaired) electrons. The number of esters is 1. The SMILES string of the molecule is COc1ccc(C2(c3ccc(OC)cc3)OC3=C(C(=O)CC(C)(C)C3)C2OC(C)=O)cc1. The Morgan fingerprint density at radius 2 is 1.41 bits per heavy atom. The molecule has 1 heterocycles. The number of rotatable bonds is 5. The summed E-state index contributed by atoms with van der Waals surface area (Å²) in [7, 11) is 3.20. The van der Waals surface area contributed by atoms with Crippen LogP contribution >= 0.6 is 0 Å². The highest BCUT2D eigenvalue weighted by Gasteiger charge is 2.58. The van der Waals surface area contributed by atoms with Crippen LogP contribution in [0.15, 0.2) is 59.9 Å². The summed E-state index contributed by atoms with van der Waals surface area (Å²) in [5.41, 5.74) is 0.521. The Labute approximate surface area is 188 Å². The van der Waals surface area contributed by atoms with Gasteiger partial charge in [0.15, 0.2) is 17.5 Å². The van der Waals surface area contributed by atoms with Crippen LogP contribution in [0.2, 0.25) is 0 Å². The lowest BCUT2D eigenvalue weighted by molar-refractivity contribution is -0.153. The number of carbonyl (C=O) groups is 2. The van der Waals surface area contributed by atoms with Gasteiger partial charge in [-0.3, -0.25) is 9.59 Å². The molecule has 2 aliphatic rings. The first-order chi connectivity index (χ1) is 15.2. The highest BCUT2D eigenvalue weighted by Crippen LogP contribution is 2.54. The van der Waals surface area contributed by atoms with Crippen molar-refractivity contribution in [3.8, 4) is 11.5 Å². The van der Waals surface area contributed by atoms with Crippen molar-refractivity contribution in [3.63, 3.8) is 0 Å². The quantitative estimate of drug-likeness (QED) is 0.641. The number of allylic oxidation sites excluding steroid dienone is 1. The van der Waals surface area contributed by atoms with Gasteiger partial charge < -0.3 is 18.9 Å². The maximum absolute atomic E-state index is 13.3. The van der Waals surface area contributed by atoms with Crippen LogP contribution in [-0.2, 0) is 24.7 Å². The molecule has 2 aromatic carbocycles. The molecule has 1 unspecified atom stereocenters. The summed E-state index contributed by atoms with van der Waals surface area (Å²) in [5.74, 6) is 1.44. The number of Topliss-reactive ketones (excluding diaryl/α,β-unsaturated/α-hetero) is 1. The van der Waals surface area contributed by atoms with Crippen LogP contribution in [0.3, 0.4) is 0 Å². The zero-order valence-corrected chi connectivity index (χ0v) is 19.1. The molecule has 0 saturated carbocycles. The number of carbonyl (C=O) groups excluding carboxylic acids is 2. The van der Waals surface area contributed by atoms with Crippen LogP contribution in [0.1, 0.15) is 44.7 Å². The van der Waals surface area contributed by atoms with E-state index in [1.165, 1.54) is 6.92 Å². The first-order valence-electron chi connectivity index (χ1n) is 10.6. The molecule has 4 rings (SSSR count). The molecule has 0 saturated heterocycles. The first-order valence-corrected chi connectivity index (χ1v) is 10.6. The van der Waals surface area contributed by atoms with Crippen LogP contribution in [0.4, 0.5) is 0 Å². The monoisotopic (exact) mass is 436 g/mol. The first kappa shape index (κ1) is 21.9. The van der Waals surface area contributed by atoms with Crippen molar-refractivity contribution in [2.45, 2.75) is 45.3 Å². The summed E-state index contributed by atoms with van der Waals surface area (Å²) < 4.78 is 23.2. The Morgan fingerprint density at radius 3 is 1.84 bits per heavy atom. The minimum atomic E-state index is -1.20. The number of ether oxygens (including phenoxy) is 4. The van der Waals surface area contributed by atoms with E-state index < -0.39 is 17.7 Å². The Bertz CT molecular complexity index is 1020. The number of hydrogen-bond acceptors (Lipinski definition) is 6. The van der Waals surface area contributed by atoms with Gasteiger partial charge in [-0.2, -0.15) is 0 Å². The Morgan fingerprint density at radius 1 is 0.906 bits per heavy atom. The lowest BCUT2D eigenvalue weighted by atomic mass is 9.73. The minimum Gasteiger partial charge on any atom is -0.497 e. The van der Waals surface area contributed by atoms with Crippen molar-refractivity contribution >= 4 is 11.8 Å². The average Bonchev–Trinajstić information content (AvgIpc) is 3.07. The molecule has 0 spiro atoms. The normalized spacial score (nSPS) is 20.9. The third kappa shape index (κ3) is 3.64. The molecule has 6 nitrogen and oxygen atoms in total. The molecule has 1 aliphatic heterocycles. The number of ketones is 1. The topological polar surface area (TPSA) is 71.1 Å². The fourth-order valence-electron chi connectivity index (χ4n) is 4.68. The van der Waals surface area contributed by atoms with Crippen molar-refractivity contribution in [2.24, 2.45) is 5.41 Å². The van der Waals surface area contributed by atoms with Gasteiger partial charge in [0.05, 0.1) is 19.8 Å². The molecule has 32 heavy (non-hydrogen) atoms. The molecule has 1 atom stereocenters. The number of benzene rings is 2. The summed E-state index contributed by atoms with van der Waals surface area (Å²) in [6.07, 6.45) is 0.0501. The van der Waals surface area contributed by atoms with E-state index in [0.717, 1.165) is 11.1 Å². The van der Waals surface area contributed by atoms with E-state index in [1.807, 2.05) is 62.4 Å². The minimum absolute atomic E-state index is 0.0496. The van der Waals surface area contributed by atoms with Gasteiger partial charge >= 0.3 is 5.97 Å². The highest BCUT2D eigenvalue weighted by molar-refractivity contribution is 5.99. The van der Waals surface area contributed by atoms with E-state index in [9.17, 15) is 9.59 Å². The van der Waals surface area contributed by atoms with E-state index >= 15 is 0 Å². The Hall–Kier alpha value is -3.28. The van der Waals surface area contributed by atoms with Crippen molar-refractivity contribution < 1.29 is 28.5 Å². The maximum Gasteiger partial charge on any atom is 0.303 e. The van der Waals surface area contributed by atoms with Gasteiger partial charge in [-0.1, -0.05) is 38.1 Å². The second-order valence-corrected chi connectivity index (χ2v) is 9.06. The standard InChI is InChI=1S/C26H28O6/c1-16(27)31-24-23-21(28)14-25(2,3)15-22(23)32-26(24,17-6-10-19(29-4)11-7-17)18-8-12-20(30-5)13-9-18/h6-13,24H,14-15H2,1-5H3. The molecule has 168 valence electrons. The molecule has 0 aromatic heterocycles. The second-order valence-electron chi connectivity index (χ2n) is 9.06. The molecule has 6 heteroatoms. The van der Waals surface area contributed by atoms with Crippen molar-refractivity contribution in [2.75, 3.05) is 14.2 Å². The lowest BCUT2D eigenvalue weighted by Gasteiger charge is -2.36. The van der Waals surface area contributed by atoms with E-state index in [1.54, 1.807) is 14.2 Å². The third-order valence-electron chi connectivity index (χ3n) is 6.12. The van der Waals surface area contributed by atoms with Crippen LogP contribution in [0.5, 0.6) is 11.5 Å². The predicted octanol–water partition coefficient (Wildman–Crippen LogP) is 4.55. The summed E-state index contributed by atoms with van der Waals surface area (Å²) in [4.78, 5) is 25.5. The number of methoxy groups -OCH3 is 2. The molecular weight excluding hydrogens is 408 g/mol. The summed E-state index contributed by atoms with van der Waals surface area (Å²) in [6, 6.07) is 14.9. The van der Waals surface area contributed by atoms with Gasteiger partial charge in [0.25, 0.3) is 0 Å². The maximum atomic E-state index is 13.3. The largest absolute Gasteiger partial charge is 0.497 e. The molecule has 2 aromatic rings. The van der Waals surface area contributed by atoms with Gasteiger partial charge in [0.1, 0.15) is 17.3 Å². The zero-order chi connectivity index (χ0) is 23.1. The van der Waals surface area contributed by atoms with Crippen LogP contribution in [0.25, 0.3) is 0 Å². The predicted molar refractivity (Wildman–Crippen MR) is 118 cm³/mol. The third-order valence-corrected chi connectivity index (χ3v) is 6.12. The average molecular weight is 437 g/mol. The van der Waals surface area contributed by atoms with E-state index in [-0.39, 0.29) is 11.2 Å². The smallest absolute Gasteiger partial charge is 0.303 e. The highest BCUT2D eigenvalue weighted by atomic mass is 16.6. The van der Waals surface area contributed by atoms with E-state index in [2.05, 4.69) is 0 Å². The van der Waals surface area contributed by atoms with Crippen LogP contribution < -0.4 is 9.47 Å². The van der Waals surface area contributed by atoms with Crippen molar-refractivity contribution in [1.29, 1.82) is 0 Å².